The van der Waals surface area contributed by atoms with Crippen molar-refractivity contribution in [2.75, 3.05) is 0 Å². The van der Waals surface area contributed by atoms with Crippen molar-refractivity contribution in [1.82, 2.24) is 0 Å². The van der Waals surface area contributed by atoms with Crippen molar-refractivity contribution >= 4 is 17.4 Å². The fourth-order valence-corrected chi connectivity index (χ4v) is 2.49. The normalized spacial score (nSPS) is 10.6. The molecule has 0 radical (unpaired) electrons. The minimum atomic E-state index is -0.201. The van der Waals surface area contributed by atoms with Gasteiger partial charge in [0.25, 0.3) is 0 Å². The van der Waals surface area contributed by atoms with Crippen molar-refractivity contribution in [3.63, 3.8) is 0 Å². The van der Waals surface area contributed by atoms with Crippen molar-refractivity contribution in [1.29, 1.82) is 0 Å². The van der Waals surface area contributed by atoms with Gasteiger partial charge in [0.2, 0.25) is 0 Å². The molecule has 0 unspecified atom stereocenters. The van der Waals surface area contributed by atoms with Gasteiger partial charge in [0.05, 0.1) is 5.56 Å². The van der Waals surface area contributed by atoms with Crippen LogP contribution in [0.3, 0.4) is 0 Å². The molecule has 1 N–H and O–H groups in total. The fraction of sp³-hybridized carbons (Fsp3) is 0.278. The van der Waals surface area contributed by atoms with E-state index in [1.165, 1.54) is 6.07 Å². The molecule has 0 atom stereocenters. The van der Waals surface area contributed by atoms with Gasteiger partial charge in [0.15, 0.2) is 5.78 Å². The summed E-state index contributed by atoms with van der Waals surface area (Å²) >= 11 is 6.09. The predicted octanol–water partition coefficient (Wildman–Crippen LogP) is 4.93. The summed E-state index contributed by atoms with van der Waals surface area (Å²) in [5.41, 5.74) is 2.65. The molecule has 0 spiro atoms. The predicted molar refractivity (Wildman–Crippen MR) is 86.3 cm³/mol. The summed E-state index contributed by atoms with van der Waals surface area (Å²) in [5, 5.41) is 10.8. The first kappa shape index (κ1) is 15.6. The minimum Gasteiger partial charge on any atom is -0.507 e. The zero-order chi connectivity index (χ0) is 15.4. The molecule has 2 aromatic carbocycles. The largest absolute Gasteiger partial charge is 0.507 e. The van der Waals surface area contributed by atoms with E-state index in [1.807, 2.05) is 19.1 Å². The maximum atomic E-state index is 12.5. The van der Waals surface area contributed by atoms with E-state index in [4.69, 9.17) is 11.6 Å². The molecule has 0 fully saturated rings. The molecule has 0 aliphatic rings. The van der Waals surface area contributed by atoms with Gasteiger partial charge in [-0.1, -0.05) is 54.8 Å². The molecular formula is C18H19ClO2. The average molecular weight is 303 g/mol. The number of carbonyl (C=O) groups is 1. The smallest absolute Gasteiger partial charge is 0.196 e. The zero-order valence-electron chi connectivity index (χ0n) is 12.3. The first-order chi connectivity index (χ1) is 10.0. The monoisotopic (exact) mass is 302 g/mol. The number of rotatable bonds is 5. The zero-order valence-corrected chi connectivity index (χ0v) is 13.1. The highest BCUT2D eigenvalue weighted by atomic mass is 35.5. The summed E-state index contributed by atoms with van der Waals surface area (Å²) in [4.78, 5) is 12.5. The van der Waals surface area contributed by atoms with E-state index in [9.17, 15) is 9.90 Å². The number of carbonyl (C=O) groups excluding carboxylic acids is 1. The number of aryl methyl sites for hydroxylation is 2. The van der Waals surface area contributed by atoms with Crippen molar-refractivity contribution in [2.24, 2.45) is 0 Å². The molecule has 110 valence electrons. The number of phenols is 1. The van der Waals surface area contributed by atoms with E-state index < -0.39 is 0 Å². The van der Waals surface area contributed by atoms with Crippen LogP contribution in [0.15, 0.2) is 36.4 Å². The number of benzene rings is 2. The second-order valence-electron chi connectivity index (χ2n) is 5.26. The Labute approximate surface area is 130 Å². The molecule has 0 saturated heterocycles. The lowest BCUT2D eigenvalue weighted by atomic mass is 9.97. The first-order valence-electron chi connectivity index (χ1n) is 7.15. The SMILES string of the molecule is CCCCc1cc(Cl)cc(C(=O)c2ccc(C)cc2)c1O. The number of aromatic hydroxyl groups is 1. The molecule has 0 aliphatic carbocycles. The third-order valence-electron chi connectivity index (χ3n) is 3.51. The fourth-order valence-electron chi connectivity index (χ4n) is 2.25. The lowest BCUT2D eigenvalue weighted by Gasteiger charge is -2.10. The second kappa shape index (κ2) is 6.77. The van der Waals surface area contributed by atoms with E-state index in [0.717, 1.165) is 30.4 Å². The molecule has 0 aliphatic heterocycles. The van der Waals surface area contributed by atoms with Gasteiger partial charge >= 0.3 is 0 Å². The Morgan fingerprint density at radius 1 is 1.19 bits per heavy atom. The van der Waals surface area contributed by atoms with Crippen LogP contribution in [-0.2, 0) is 6.42 Å². The summed E-state index contributed by atoms with van der Waals surface area (Å²) in [6.07, 6.45) is 2.69. The van der Waals surface area contributed by atoms with E-state index in [1.54, 1.807) is 18.2 Å². The number of ketones is 1. The van der Waals surface area contributed by atoms with Crippen LogP contribution >= 0.6 is 11.6 Å². The van der Waals surface area contributed by atoms with Crippen molar-refractivity contribution in [2.45, 2.75) is 33.1 Å². The summed E-state index contributed by atoms with van der Waals surface area (Å²) in [5.74, 6) is -0.147. The number of hydrogen-bond donors (Lipinski definition) is 1. The van der Waals surface area contributed by atoms with Gasteiger partial charge < -0.3 is 5.11 Å². The van der Waals surface area contributed by atoms with Crippen LogP contribution in [0.5, 0.6) is 5.75 Å². The third-order valence-corrected chi connectivity index (χ3v) is 3.73. The highest BCUT2D eigenvalue weighted by molar-refractivity contribution is 6.31. The molecule has 0 aromatic heterocycles. The molecule has 0 bridgehead atoms. The second-order valence-corrected chi connectivity index (χ2v) is 5.70. The number of halogens is 1. The van der Waals surface area contributed by atoms with Crippen molar-refractivity contribution < 1.29 is 9.90 Å². The van der Waals surface area contributed by atoms with Gasteiger partial charge in [-0.25, -0.2) is 0 Å². The molecule has 2 rings (SSSR count). The summed E-state index contributed by atoms with van der Waals surface area (Å²) in [7, 11) is 0. The third kappa shape index (κ3) is 3.64. The molecule has 0 heterocycles. The Balaban J connectivity index is 2.40. The Kier molecular flexibility index (Phi) is 5.03. The number of phenolic OH excluding ortho intramolecular Hbond substituents is 1. The van der Waals surface area contributed by atoms with Gasteiger partial charge in [-0.05, 0) is 37.5 Å². The molecule has 2 nitrogen and oxygen atoms in total. The summed E-state index contributed by atoms with van der Waals surface area (Å²) in [6.45, 7) is 4.05. The van der Waals surface area contributed by atoms with Gasteiger partial charge in [-0.2, -0.15) is 0 Å². The lowest BCUT2D eigenvalue weighted by Crippen LogP contribution is -2.03. The minimum absolute atomic E-state index is 0.0541. The maximum Gasteiger partial charge on any atom is 0.196 e. The van der Waals surface area contributed by atoms with Gasteiger partial charge in [-0.15, -0.1) is 0 Å². The van der Waals surface area contributed by atoms with Crippen LogP contribution in [0.1, 0.15) is 46.8 Å². The van der Waals surface area contributed by atoms with Crippen molar-refractivity contribution in [3.8, 4) is 5.75 Å². The Bertz CT molecular complexity index is 645. The van der Waals surface area contributed by atoms with E-state index >= 15 is 0 Å². The standard InChI is InChI=1S/C18H19ClO2/c1-3-4-5-14-10-15(19)11-16(18(14)21)17(20)13-8-6-12(2)7-9-13/h6-11,21H,3-5H2,1-2H3. The van der Waals surface area contributed by atoms with Gasteiger partial charge in [0.1, 0.15) is 5.75 Å². The molecule has 21 heavy (non-hydrogen) atoms. The Hall–Kier alpha value is -1.80. The molecular weight excluding hydrogens is 284 g/mol. The summed E-state index contributed by atoms with van der Waals surface area (Å²) in [6, 6.07) is 10.6. The van der Waals surface area contributed by atoms with Crippen LogP contribution in [0, 0.1) is 6.92 Å². The van der Waals surface area contributed by atoms with Gasteiger partial charge in [-0.3, -0.25) is 4.79 Å². The lowest BCUT2D eigenvalue weighted by molar-refractivity contribution is 0.103. The Morgan fingerprint density at radius 3 is 2.48 bits per heavy atom. The van der Waals surface area contributed by atoms with Crippen molar-refractivity contribution in [3.05, 3.63) is 63.7 Å². The van der Waals surface area contributed by atoms with Crippen LogP contribution in [0.4, 0.5) is 0 Å². The molecule has 0 amide bonds. The number of hydrogen-bond acceptors (Lipinski definition) is 2. The highest BCUT2D eigenvalue weighted by Crippen LogP contribution is 2.30. The number of unbranched alkanes of at least 4 members (excludes halogenated alkanes) is 1. The quantitative estimate of drug-likeness (QED) is 0.795. The van der Waals surface area contributed by atoms with Crippen LogP contribution in [0.25, 0.3) is 0 Å². The van der Waals surface area contributed by atoms with Crippen LogP contribution < -0.4 is 0 Å². The molecule has 0 saturated carbocycles. The van der Waals surface area contributed by atoms with E-state index in [-0.39, 0.29) is 17.1 Å². The highest BCUT2D eigenvalue weighted by Gasteiger charge is 2.17. The van der Waals surface area contributed by atoms with Crippen LogP contribution in [-0.4, -0.2) is 10.9 Å². The first-order valence-corrected chi connectivity index (χ1v) is 7.53. The van der Waals surface area contributed by atoms with E-state index in [2.05, 4.69) is 6.92 Å². The molecule has 2 aromatic rings. The summed E-state index contributed by atoms with van der Waals surface area (Å²) < 4.78 is 0. The van der Waals surface area contributed by atoms with Gasteiger partial charge in [0, 0.05) is 10.6 Å². The molecule has 3 heteroatoms. The van der Waals surface area contributed by atoms with Crippen LogP contribution in [0.2, 0.25) is 5.02 Å². The maximum absolute atomic E-state index is 12.5. The van der Waals surface area contributed by atoms with E-state index in [0.29, 0.717) is 10.6 Å². The Morgan fingerprint density at radius 2 is 1.86 bits per heavy atom. The topological polar surface area (TPSA) is 37.3 Å². The average Bonchev–Trinajstić information content (AvgIpc) is 2.48.